The van der Waals surface area contributed by atoms with Gasteiger partial charge in [-0.05, 0) is 65.7 Å². The highest BCUT2D eigenvalue weighted by molar-refractivity contribution is 7.86. The molecule has 0 radical (unpaired) electrons. The molecule has 56 heavy (non-hydrogen) atoms. The minimum absolute atomic E-state index is 0.0163. The summed E-state index contributed by atoms with van der Waals surface area (Å²) in [6.07, 6.45) is 0. The number of fused-ring (bicyclic) bond motifs is 2. The molecule has 0 saturated heterocycles. The Bertz CT molecular complexity index is 3030. The molecule has 6 aromatic rings. The van der Waals surface area contributed by atoms with Gasteiger partial charge in [0.25, 0.3) is 30.4 Å². The van der Waals surface area contributed by atoms with E-state index in [2.05, 4.69) is 20.5 Å². The summed E-state index contributed by atoms with van der Waals surface area (Å²) in [5.74, 6) is -0.847. The van der Waals surface area contributed by atoms with Crippen LogP contribution in [0, 0.1) is 0 Å². The van der Waals surface area contributed by atoms with Crippen LogP contribution in [0.5, 0.6) is 23.0 Å². The van der Waals surface area contributed by atoms with E-state index in [0.29, 0.717) is 17.2 Å². The number of nitrogen functional groups attached to an aromatic ring is 2. The van der Waals surface area contributed by atoms with Gasteiger partial charge in [0.1, 0.15) is 49.8 Å². The first-order chi connectivity index (χ1) is 26.2. The summed E-state index contributed by atoms with van der Waals surface area (Å²) >= 11 is 0. The highest BCUT2D eigenvalue weighted by Gasteiger charge is 2.24. The fourth-order valence-electron chi connectivity index (χ4n) is 5.75. The Labute approximate surface area is 317 Å². The zero-order valence-corrected chi connectivity index (χ0v) is 31.1. The average molecular weight is 825 g/mol. The topological polar surface area (TPSA) is 324 Å². The van der Waals surface area contributed by atoms with E-state index in [1.807, 2.05) is 0 Å². The van der Waals surface area contributed by atoms with Crippen molar-refractivity contribution in [1.82, 2.24) is 0 Å². The highest BCUT2D eigenvalue weighted by Crippen LogP contribution is 2.45. The number of ether oxygens (including phenoxy) is 2. The first kappa shape index (κ1) is 39.3. The summed E-state index contributed by atoms with van der Waals surface area (Å²) < 4.78 is 112. The molecule has 0 heterocycles. The largest absolute Gasteiger partial charge is 0.507 e. The summed E-state index contributed by atoms with van der Waals surface area (Å²) in [5.41, 5.74) is 13.1. The Hall–Kier alpha value is -6.43. The van der Waals surface area contributed by atoms with Gasteiger partial charge in [0, 0.05) is 22.5 Å². The first-order valence-electron chi connectivity index (χ1n) is 15.5. The van der Waals surface area contributed by atoms with Crippen LogP contribution in [-0.2, 0) is 30.4 Å². The molecule has 9 N–H and O–H groups in total. The van der Waals surface area contributed by atoms with Crippen molar-refractivity contribution in [3.8, 4) is 34.1 Å². The predicted octanol–water partition coefficient (Wildman–Crippen LogP) is 6.82. The molecule has 22 heteroatoms. The van der Waals surface area contributed by atoms with E-state index >= 15 is 0 Å². The molecule has 0 atom stereocenters. The quantitative estimate of drug-likeness (QED) is 0.0423. The van der Waals surface area contributed by atoms with E-state index in [4.69, 9.17) is 20.9 Å². The second-order valence-electron chi connectivity index (χ2n) is 11.8. The van der Waals surface area contributed by atoms with Crippen LogP contribution >= 0.6 is 0 Å². The van der Waals surface area contributed by atoms with Crippen molar-refractivity contribution in [2.24, 2.45) is 20.5 Å². The normalized spacial score (nSPS) is 12.6. The van der Waals surface area contributed by atoms with Crippen molar-refractivity contribution in [3.05, 3.63) is 78.9 Å². The molecule has 290 valence electrons. The molecule has 0 aliphatic rings. The standard InChI is InChI=1S/C34H28N6O13S3/c1-52-27-11-16(3-7-22(27)37-39-24-9-5-19-29(55(46,47)48)10-6-21(35)31(19)34(24)42)17-4-8-23(28(12-17)53-2)38-40-25-15-30(56(49,50)51)20-13-18(54(43,44)45)14-26(41)32(20)33(25)36/h3-15,41-42H,35-36H2,1-2H3,(H,43,44,45)(H,46,47,48)(H,49,50,51). The number of aromatic hydroxyl groups is 2. The van der Waals surface area contributed by atoms with Crippen LogP contribution in [-0.4, -0.2) is 63.3 Å². The van der Waals surface area contributed by atoms with Crippen LogP contribution < -0.4 is 20.9 Å². The van der Waals surface area contributed by atoms with E-state index in [-0.39, 0.29) is 61.8 Å². The van der Waals surface area contributed by atoms with Crippen molar-refractivity contribution < 1.29 is 58.6 Å². The summed E-state index contributed by atoms with van der Waals surface area (Å²) in [5, 5.41) is 36.9. The maximum atomic E-state index is 12.3. The molecule has 19 nitrogen and oxygen atoms in total. The summed E-state index contributed by atoms with van der Waals surface area (Å²) in [4.78, 5) is -2.17. The maximum Gasteiger partial charge on any atom is 0.295 e. The smallest absolute Gasteiger partial charge is 0.295 e. The Balaban J connectivity index is 1.33. The molecule has 0 unspecified atom stereocenters. The molecule has 6 rings (SSSR count). The molecular weight excluding hydrogens is 797 g/mol. The minimum Gasteiger partial charge on any atom is -0.507 e. The van der Waals surface area contributed by atoms with Crippen molar-refractivity contribution in [3.63, 3.8) is 0 Å². The number of phenolic OH excluding ortho intramolecular Hbond substituents is 2. The lowest BCUT2D eigenvalue weighted by Gasteiger charge is -2.13. The lowest BCUT2D eigenvalue weighted by atomic mass is 10.0. The van der Waals surface area contributed by atoms with E-state index < -0.39 is 61.9 Å². The number of rotatable bonds is 10. The number of azo groups is 2. The molecule has 0 aliphatic heterocycles. The van der Waals surface area contributed by atoms with Crippen molar-refractivity contribution in [1.29, 1.82) is 0 Å². The van der Waals surface area contributed by atoms with Crippen molar-refractivity contribution in [2.75, 3.05) is 25.7 Å². The number of anilines is 2. The fourth-order valence-corrected chi connectivity index (χ4v) is 7.66. The van der Waals surface area contributed by atoms with Crippen molar-refractivity contribution in [2.45, 2.75) is 14.7 Å². The third kappa shape index (κ3) is 7.46. The molecule has 0 bridgehead atoms. The molecule has 6 aromatic carbocycles. The third-order valence-corrected chi connectivity index (χ3v) is 11.0. The van der Waals surface area contributed by atoms with E-state index in [1.54, 1.807) is 30.3 Å². The average Bonchev–Trinajstić information content (AvgIpc) is 3.12. The van der Waals surface area contributed by atoms with E-state index in [0.717, 1.165) is 18.2 Å². The van der Waals surface area contributed by atoms with Gasteiger partial charge in [-0.25, -0.2) is 0 Å². The number of benzene rings is 6. The number of nitrogens with two attached hydrogens (primary N) is 2. The van der Waals surface area contributed by atoms with E-state index in [1.165, 1.54) is 38.5 Å². The van der Waals surface area contributed by atoms with Gasteiger partial charge in [0.05, 0.1) is 35.6 Å². The number of hydrogen-bond acceptors (Lipinski definition) is 16. The minimum atomic E-state index is -5.06. The predicted molar refractivity (Wildman–Crippen MR) is 203 cm³/mol. The summed E-state index contributed by atoms with van der Waals surface area (Å²) in [6.45, 7) is 0. The van der Waals surface area contributed by atoms with Crippen LogP contribution in [0.2, 0.25) is 0 Å². The maximum absolute atomic E-state index is 12.3. The Kier molecular flexibility index (Phi) is 10.1. The number of nitrogens with zero attached hydrogens (tertiary/aromatic N) is 4. The van der Waals surface area contributed by atoms with E-state index in [9.17, 15) is 49.1 Å². The van der Waals surface area contributed by atoms with Gasteiger partial charge in [-0.2, -0.15) is 25.3 Å². The number of phenols is 2. The molecule has 0 aliphatic carbocycles. The van der Waals surface area contributed by atoms with Crippen LogP contribution in [0.25, 0.3) is 32.7 Å². The van der Waals surface area contributed by atoms with Gasteiger partial charge in [-0.1, -0.05) is 18.2 Å². The van der Waals surface area contributed by atoms with Gasteiger partial charge < -0.3 is 31.2 Å². The lowest BCUT2D eigenvalue weighted by molar-refractivity contribution is 0.415. The number of hydrogen-bond donors (Lipinski definition) is 7. The van der Waals surface area contributed by atoms with Gasteiger partial charge in [0.15, 0.2) is 5.75 Å². The van der Waals surface area contributed by atoms with Crippen LogP contribution in [0.15, 0.2) is 114 Å². The number of methoxy groups -OCH3 is 2. The molecular formula is C34H28N6O13S3. The second kappa shape index (κ2) is 14.3. The van der Waals surface area contributed by atoms with Crippen LogP contribution in [0.3, 0.4) is 0 Å². The Morgan fingerprint density at radius 3 is 1.57 bits per heavy atom. The molecule has 0 aromatic heterocycles. The Morgan fingerprint density at radius 1 is 0.536 bits per heavy atom. The zero-order valence-electron chi connectivity index (χ0n) is 28.7. The van der Waals surface area contributed by atoms with Gasteiger partial charge in [0.2, 0.25) is 0 Å². The first-order valence-corrected chi connectivity index (χ1v) is 19.8. The highest BCUT2D eigenvalue weighted by atomic mass is 32.2. The zero-order chi connectivity index (χ0) is 40.9. The monoisotopic (exact) mass is 824 g/mol. The van der Waals surface area contributed by atoms with Gasteiger partial charge in [-0.15, -0.1) is 20.5 Å². The summed E-state index contributed by atoms with van der Waals surface area (Å²) in [6, 6.07) is 16.8. The van der Waals surface area contributed by atoms with Crippen LogP contribution in [0.4, 0.5) is 34.1 Å². The van der Waals surface area contributed by atoms with Gasteiger partial charge >= 0.3 is 0 Å². The molecule has 0 amide bonds. The van der Waals surface area contributed by atoms with Crippen LogP contribution in [0.1, 0.15) is 0 Å². The molecule has 0 saturated carbocycles. The van der Waals surface area contributed by atoms with Gasteiger partial charge in [-0.3, -0.25) is 13.7 Å². The van der Waals surface area contributed by atoms with Crippen molar-refractivity contribution >= 4 is 86.0 Å². The molecule has 0 spiro atoms. The third-order valence-electron chi connectivity index (χ3n) is 8.37. The second-order valence-corrected chi connectivity index (χ2v) is 16.0. The fraction of sp³-hybridized carbons (Fsp3) is 0.0588. The lowest BCUT2D eigenvalue weighted by Crippen LogP contribution is -2.04. The summed E-state index contributed by atoms with van der Waals surface area (Å²) in [7, 11) is -11.8. The molecule has 0 fully saturated rings. The Morgan fingerprint density at radius 2 is 1.05 bits per heavy atom. The SMILES string of the molecule is COc1cc(-c2ccc(N=Nc3ccc4c(S(=O)(=O)O)ccc(N)c4c3O)c(OC)c2)ccc1N=Nc1cc(S(=O)(=O)O)c2cc(S(=O)(=O)O)cc(O)c2c1N.